The second-order valence-corrected chi connectivity index (χ2v) is 4.70. The average molecular weight is 249 g/mol. The third-order valence-electron chi connectivity index (χ3n) is 3.43. The molecule has 0 aromatic heterocycles. The van der Waals surface area contributed by atoms with Gasteiger partial charge in [0.05, 0.1) is 0 Å². The molecule has 18 heavy (non-hydrogen) atoms. The molecule has 1 N–H and O–H groups in total. The van der Waals surface area contributed by atoms with Crippen LogP contribution in [0.5, 0.6) is 0 Å². The molecule has 0 fully saturated rings. The quantitative estimate of drug-likeness (QED) is 0.807. The standard InChI is InChI=1S/C15H23NO2/c1-4-11-15(14(17)18,16(3)12-5-2)13-9-7-6-8-10-13/h6-10H,4-5,11-12H2,1-3H3,(H,17,18). The Bertz CT molecular complexity index is 377. The van der Waals surface area contributed by atoms with Crippen LogP contribution in [0.15, 0.2) is 30.3 Å². The van der Waals surface area contributed by atoms with Crippen molar-refractivity contribution in [3.63, 3.8) is 0 Å². The van der Waals surface area contributed by atoms with E-state index in [-0.39, 0.29) is 0 Å². The van der Waals surface area contributed by atoms with E-state index >= 15 is 0 Å². The minimum atomic E-state index is -0.897. The first-order chi connectivity index (χ1) is 8.59. The predicted molar refractivity (Wildman–Crippen MR) is 73.6 cm³/mol. The fraction of sp³-hybridized carbons (Fsp3) is 0.533. The van der Waals surface area contributed by atoms with Gasteiger partial charge in [0.2, 0.25) is 0 Å². The van der Waals surface area contributed by atoms with Gasteiger partial charge >= 0.3 is 5.97 Å². The summed E-state index contributed by atoms with van der Waals surface area (Å²) < 4.78 is 0. The van der Waals surface area contributed by atoms with Crippen LogP contribution in [0.3, 0.4) is 0 Å². The molecule has 0 spiro atoms. The van der Waals surface area contributed by atoms with Crippen LogP contribution in [-0.2, 0) is 10.3 Å². The van der Waals surface area contributed by atoms with Crippen molar-refractivity contribution in [1.82, 2.24) is 4.90 Å². The summed E-state index contributed by atoms with van der Waals surface area (Å²) in [5.74, 6) is -0.758. The number of carboxylic acid groups (broad SMARTS) is 1. The molecular weight excluding hydrogens is 226 g/mol. The van der Waals surface area contributed by atoms with Crippen molar-refractivity contribution < 1.29 is 9.90 Å². The van der Waals surface area contributed by atoms with Gasteiger partial charge in [0.25, 0.3) is 0 Å². The molecule has 0 bridgehead atoms. The van der Waals surface area contributed by atoms with Crippen molar-refractivity contribution in [3.8, 4) is 0 Å². The van der Waals surface area contributed by atoms with Crippen LogP contribution < -0.4 is 0 Å². The van der Waals surface area contributed by atoms with Crippen molar-refractivity contribution in [1.29, 1.82) is 0 Å². The van der Waals surface area contributed by atoms with E-state index < -0.39 is 11.5 Å². The number of nitrogens with zero attached hydrogens (tertiary/aromatic N) is 1. The van der Waals surface area contributed by atoms with Gasteiger partial charge in [0, 0.05) is 0 Å². The Balaban J connectivity index is 3.25. The Morgan fingerprint density at radius 2 is 1.83 bits per heavy atom. The van der Waals surface area contributed by atoms with Crippen molar-refractivity contribution >= 4 is 5.97 Å². The van der Waals surface area contributed by atoms with Gasteiger partial charge < -0.3 is 5.11 Å². The molecule has 100 valence electrons. The number of hydrogen-bond donors (Lipinski definition) is 1. The van der Waals surface area contributed by atoms with Crippen molar-refractivity contribution in [2.75, 3.05) is 13.6 Å². The normalized spacial score (nSPS) is 14.4. The second kappa shape index (κ2) is 6.55. The first-order valence-electron chi connectivity index (χ1n) is 6.59. The Morgan fingerprint density at radius 3 is 2.28 bits per heavy atom. The molecule has 0 aliphatic rings. The van der Waals surface area contributed by atoms with E-state index in [1.165, 1.54) is 0 Å². The minimum Gasteiger partial charge on any atom is -0.480 e. The molecule has 1 unspecified atom stereocenters. The lowest BCUT2D eigenvalue weighted by Gasteiger charge is -2.38. The van der Waals surface area contributed by atoms with Crippen molar-refractivity contribution in [3.05, 3.63) is 35.9 Å². The number of carbonyl (C=O) groups is 1. The van der Waals surface area contributed by atoms with Crippen molar-refractivity contribution in [2.24, 2.45) is 0 Å². The molecule has 0 aliphatic heterocycles. The summed E-state index contributed by atoms with van der Waals surface area (Å²) in [6.45, 7) is 4.88. The van der Waals surface area contributed by atoms with Crippen LogP contribution in [0.4, 0.5) is 0 Å². The monoisotopic (exact) mass is 249 g/mol. The summed E-state index contributed by atoms with van der Waals surface area (Å²) in [7, 11) is 1.90. The SMILES string of the molecule is CCCN(C)C(CCC)(C(=O)O)c1ccccc1. The molecule has 0 saturated heterocycles. The van der Waals surface area contributed by atoms with Crippen LogP contribution in [0.1, 0.15) is 38.7 Å². The molecule has 3 heteroatoms. The number of hydrogen-bond acceptors (Lipinski definition) is 2. The lowest BCUT2D eigenvalue weighted by atomic mass is 9.84. The number of likely N-dealkylation sites (N-methyl/N-ethyl adjacent to an activating group) is 1. The average Bonchev–Trinajstić information content (AvgIpc) is 2.36. The van der Waals surface area contributed by atoms with Gasteiger partial charge in [-0.3, -0.25) is 4.90 Å². The maximum atomic E-state index is 11.9. The third-order valence-corrected chi connectivity index (χ3v) is 3.43. The van der Waals surface area contributed by atoms with E-state index in [1.807, 2.05) is 49.2 Å². The van der Waals surface area contributed by atoms with E-state index in [2.05, 4.69) is 6.92 Å². The number of benzene rings is 1. The summed E-state index contributed by atoms with van der Waals surface area (Å²) in [5, 5.41) is 9.76. The Morgan fingerprint density at radius 1 is 1.22 bits per heavy atom. The van der Waals surface area contributed by atoms with Gasteiger partial charge in [-0.05, 0) is 32.0 Å². The van der Waals surface area contributed by atoms with Gasteiger partial charge in [-0.15, -0.1) is 0 Å². The summed E-state index contributed by atoms with van der Waals surface area (Å²) in [6, 6.07) is 9.55. The molecule has 0 heterocycles. The van der Waals surface area contributed by atoms with Crippen LogP contribution >= 0.6 is 0 Å². The van der Waals surface area contributed by atoms with Gasteiger partial charge in [0.1, 0.15) is 5.54 Å². The topological polar surface area (TPSA) is 40.5 Å². The zero-order valence-electron chi connectivity index (χ0n) is 11.5. The highest BCUT2D eigenvalue weighted by Crippen LogP contribution is 2.33. The molecule has 1 aromatic rings. The van der Waals surface area contributed by atoms with Gasteiger partial charge in [0.15, 0.2) is 0 Å². The number of aliphatic carboxylic acids is 1. The maximum absolute atomic E-state index is 11.9. The lowest BCUT2D eigenvalue weighted by molar-refractivity contribution is -0.152. The second-order valence-electron chi connectivity index (χ2n) is 4.70. The largest absolute Gasteiger partial charge is 0.480 e. The summed E-state index contributed by atoms with van der Waals surface area (Å²) in [4.78, 5) is 13.9. The fourth-order valence-electron chi connectivity index (χ4n) is 2.55. The molecule has 0 radical (unpaired) electrons. The Hall–Kier alpha value is -1.35. The highest BCUT2D eigenvalue weighted by atomic mass is 16.4. The summed E-state index contributed by atoms with van der Waals surface area (Å²) >= 11 is 0. The van der Waals surface area contributed by atoms with E-state index in [9.17, 15) is 9.90 Å². The molecule has 1 rings (SSSR count). The molecular formula is C15H23NO2. The summed E-state index contributed by atoms with van der Waals surface area (Å²) in [6.07, 6.45) is 2.42. The van der Waals surface area contributed by atoms with Gasteiger partial charge in [-0.25, -0.2) is 4.79 Å². The van der Waals surface area contributed by atoms with E-state index in [1.54, 1.807) is 0 Å². The Labute approximate surface area is 109 Å². The zero-order valence-corrected chi connectivity index (χ0v) is 11.5. The van der Waals surface area contributed by atoms with Crippen LogP contribution in [0, 0.1) is 0 Å². The highest BCUT2D eigenvalue weighted by molar-refractivity contribution is 5.80. The van der Waals surface area contributed by atoms with Crippen LogP contribution in [0.25, 0.3) is 0 Å². The van der Waals surface area contributed by atoms with E-state index in [4.69, 9.17) is 0 Å². The maximum Gasteiger partial charge on any atom is 0.328 e. The molecule has 3 nitrogen and oxygen atoms in total. The number of rotatable bonds is 7. The molecule has 0 saturated carbocycles. The lowest BCUT2D eigenvalue weighted by Crippen LogP contribution is -2.50. The molecule has 1 aromatic carbocycles. The van der Waals surface area contributed by atoms with Gasteiger partial charge in [-0.2, -0.15) is 0 Å². The predicted octanol–water partition coefficient (Wildman–Crippen LogP) is 3.11. The molecule has 1 atom stereocenters. The molecule has 0 aliphatic carbocycles. The number of carboxylic acids is 1. The Kier molecular flexibility index (Phi) is 5.35. The van der Waals surface area contributed by atoms with Crippen LogP contribution in [0.2, 0.25) is 0 Å². The summed E-state index contributed by atoms with van der Waals surface area (Å²) in [5.41, 5.74) is -0.0262. The third kappa shape index (κ3) is 2.72. The van der Waals surface area contributed by atoms with E-state index in [0.717, 1.165) is 24.9 Å². The smallest absolute Gasteiger partial charge is 0.328 e. The highest BCUT2D eigenvalue weighted by Gasteiger charge is 2.42. The van der Waals surface area contributed by atoms with Crippen LogP contribution in [-0.4, -0.2) is 29.6 Å². The fourth-order valence-corrected chi connectivity index (χ4v) is 2.55. The van der Waals surface area contributed by atoms with Crippen molar-refractivity contribution in [2.45, 2.75) is 38.6 Å². The zero-order chi connectivity index (χ0) is 13.6. The van der Waals surface area contributed by atoms with Gasteiger partial charge in [-0.1, -0.05) is 50.6 Å². The molecule has 0 amide bonds. The first-order valence-corrected chi connectivity index (χ1v) is 6.59. The first kappa shape index (κ1) is 14.7. The van der Waals surface area contributed by atoms with E-state index in [0.29, 0.717) is 6.42 Å². The minimum absolute atomic E-state index is 0.628.